The van der Waals surface area contributed by atoms with Gasteiger partial charge in [-0.3, -0.25) is 0 Å². The smallest absolute Gasteiger partial charge is 0.338 e. The number of rotatable bonds is 6. The number of carbonyl (C=O) groups is 1. The zero-order valence-corrected chi connectivity index (χ0v) is 18.8. The van der Waals surface area contributed by atoms with Crippen molar-refractivity contribution in [2.45, 2.75) is 24.4 Å². The van der Waals surface area contributed by atoms with Gasteiger partial charge in [0.2, 0.25) is 0 Å². The van der Waals surface area contributed by atoms with Crippen molar-refractivity contribution in [2.75, 3.05) is 7.11 Å². The Morgan fingerprint density at radius 3 is 2.66 bits per heavy atom. The first-order valence-electron chi connectivity index (χ1n) is 10.5. The lowest BCUT2D eigenvalue weighted by Crippen LogP contribution is -2.06. The Bertz CT molecular complexity index is 1430. The number of imidazole rings is 1. The molecule has 0 atom stereocenters. The number of benzene rings is 3. The summed E-state index contributed by atoms with van der Waals surface area (Å²) in [6.45, 7) is 2.84. The number of H-pyrrole nitrogens is 1. The van der Waals surface area contributed by atoms with Gasteiger partial charge in [0, 0.05) is 27.9 Å². The van der Waals surface area contributed by atoms with E-state index in [1.807, 2.05) is 36.4 Å². The fourth-order valence-corrected chi connectivity index (χ4v) is 5.13. The van der Waals surface area contributed by atoms with Crippen LogP contribution in [-0.4, -0.2) is 27.6 Å². The van der Waals surface area contributed by atoms with Crippen LogP contribution < -0.4 is 0 Å². The quantitative estimate of drug-likeness (QED) is 0.261. The zero-order chi connectivity index (χ0) is 22.1. The van der Waals surface area contributed by atoms with Crippen LogP contribution in [0.4, 0.5) is 0 Å². The Balaban J connectivity index is 1.53. The molecule has 32 heavy (non-hydrogen) atoms. The van der Waals surface area contributed by atoms with Crippen LogP contribution in [0, 0.1) is 6.92 Å². The number of aromatic amines is 1. The fourth-order valence-electron chi connectivity index (χ4n) is 4.11. The number of carbonyl (C=O) groups excluding carboxylic acids is 1. The molecular formula is C26H23N3O2S. The molecule has 0 bridgehead atoms. The first-order valence-corrected chi connectivity index (χ1v) is 11.4. The summed E-state index contributed by atoms with van der Waals surface area (Å²) in [6, 6.07) is 24.2. The van der Waals surface area contributed by atoms with Gasteiger partial charge in [0.05, 0.1) is 30.3 Å². The van der Waals surface area contributed by atoms with Crippen LogP contribution in [0.25, 0.3) is 21.9 Å². The molecule has 160 valence electrons. The van der Waals surface area contributed by atoms with Crippen LogP contribution in [-0.2, 0) is 17.0 Å². The summed E-state index contributed by atoms with van der Waals surface area (Å²) in [5, 5.41) is 2.16. The molecule has 5 rings (SSSR count). The van der Waals surface area contributed by atoms with Gasteiger partial charge in [-0.25, -0.2) is 9.78 Å². The molecule has 0 aliphatic rings. The second-order valence-corrected chi connectivity index (χ2v) is 8.62. The molecule has 2 aromatic heterocycles. The van der Waals surface area contributed by atoms with E-state index in [4.69, 9.17) is 9.72 Å². The maximum atomic E-state index is 12.2. The Morgan fingerprint density at radius 2 is 1.78 bits per heavy atom. The average Bonchev–Trinajstić information content (AvgIpc) is 3.34. The predicted octanol–water partition coefficient (Wildman–Crippen LogP) is 5.95. The maximum Gasteiger partial charge on any atom is 0.338 e. The van der Waals surface area contributed by atoms with E-state index < -0.39 is 0 Å². The number of hydrogen-bond donors (Lipinski definition) is 1. The van der Waals surface area contributed by atoms with Gasteiger partial charge in [0.1, 0.15) is 0 Å². The van der Waals surface area contributed by atoms with Gasteiger partial charge in [0.15, 0.2) is 5.16 Å². The number of aromatic nitrogens is 3. The maximum absolute atomic E-state index is 12.2. The van der Waals surface area contributed by atoms with Crippen LogP contribution >= 0.6 is 11.8 Å². The minimum atomic E-state index is -0.316. The monoisotopic (exact) mass is 441 g/mol. The minimum Gasteiger partial charge on any atom is -0.465 e. The Labute approximate surface area is 190 Å². The molecule has 0 amide bonds. The molecule has 0 aliphatic carbocycles. The lowest BCUT2D eigenvalue weighted by Gasteiger charge is -2.11. The van der Waals surface area contributed by atoms with E-state index in [2.05, 4.69) is 46.8 Å². The van der Waals surface area contributed by atoms with Crippen molar-refractivity contribution in [1.29, 1.82) is 0 Å². The summed E-state index contributed by atoms with van der Waals surface area (Å²) in [4.78, 5) is 20.6. The molecule has 6 heteroatoms. The fraction of sp³-hybridized carbons (Fsp3) is 0.154. The number of para-hydroxylation sites is 3. The van der Waals surface area contributed by atoms with E-state index in [0.29, 0.717) is 11.3 Å². The second kappa shape index (κ2) is 8.55. The number of fused-ring (bicyclic) bond motifs is 2. The summed E-state index contributed by atoms with van der Waals surface area (Å²) >= 11 is 1.63. The largest absolute Gasteiger partial charge is 0.465 e. The first-order chi connectivity index (χ1) is 15.7. The van der Waals surface area contributed by atoms with Crippen molar-refractivity contribution in [3.8, 4) is 0 Å². The third-order valence-electron chi connectivity index (χ3n) is 5.74. The van der Waals surface area contributed by atoms with E-state index in [0.717, 1.165) is 39.5 Å². The number of thioether (sulfide) groups is 1. The van der Waals surface area contributed by atoms with Crippen LogP contribution in [0.15, 0.2) is 78.0 Å². The Morgan fingerprint density at radius 1 is 1.03 bits per heavy atom. The average molecular weight is 442 g/mol. The third-order valence-corrected chi connectivity index (χ3v) is 6.77. The standard InChI is InChI=1S/C26H23N3O2S/c1-17-21(20-11-5-6-12-22(20)27-17)15-29-24-14-8-7-13-23(24)28-26(29)32-16-18-9-3-4-10-19(18)25(30)31-2/h3-14,27H,15-16H2,1-2H3. The predicted molar refractivity (Wildman–Crippen MR) is 129 cm³/mol. The highest BCUT2D eigenvalue weighted by Crippen LogP contribution is 2.31. The molecule has 0 radical (unpaired) electrons. The number of aryl methyl sites for hydroxylation is 1. The number of esters is 1. The van der Waals surface area contributed by atoms with Crippen molar-refractivity contribution < 1.29 is 9.53 Å². The summed E-state index contributed by atoms with van der Waals surface area (Å²) in [5.41, 5.74) is 7.17. The van der Waals surface area contributed by atoms with Gasteiger partial charge in [-0.2, -0.15) is 0 Å². The van der Waals surface area contributed by atoms with Crippen LogP contribution in [0.5, 0.6) is 0 Å². The number of methoxy groups -OCH3 is 1. The number of hydrogen-bond acceptors (Lipinski definition) is 4. The normalized spacial score (nSPS) is 11.3. The van der Waals surface area contributed by atoms with E-state index in [-0.39, 0.29) is 5.97 Å². The SMILES string of the molecule is COC(=O)c1ccccc1CSc1nc2ccccc2n1Cc1c(C)[nH]c2ccccc12. The lowest BCUT2D eigenvalue weighted by atomic mass is 10.1. The first kappa shape index (κ1) is 20.4. The van der Waals surface area contributed by atoms with E-state index in [1.54, 1.807) is 17.8 Å². The second-order valence-electron chi connectivity index (χ2n) is 7.68. The van der Waals surface area contributed by atoms with Crippen LogP contribution in [0.2, 0.25) is 0 Å². The molecule has 0 saturated heterocycles. The molecule has 5 aromatic rings. The Hall–Kier alpha value is -3.51. The molecule has 0 fully saturated rings. The van der Waals surface area contributed by atoms with E-state index in [1.165, 1.54) is 18.1 Å². The van der Waals surface area contributed by atoms with Crippen LogP contribution in [0.1, 0.15) is 27.2 Å². The zero-order valence-electron chi connectivity index (χ0n) is 18.0. The molecule has 2 heterocycles. The van der Waals surface area contributed by atoms with E-state index >= 15 is 0 Å². The number of nitrogens with zero attached hydrogens (tertiary/aromatic N) is 2. The molecular weight excluding hydrogens is 418 g/mol. The van der Waals surface area contributed by atoms with Gasteiger partial charge >= 0.3 is 5.97 Å². The Kier molecular flexibility index (Phi) is 5.45. The molecule has 3 aromatic carbocycles. The van der Waals surface area contributed by atoms with Gasteiger partial charge in [-0.05, 0) is 36.8 Å². The van der Waals surface area contributed by atoms with Gasteiger partial charge in [0.25, 0.3) is 0 Å². The summed E-state index contributed by atoms with van der Waals surface area (Å²) in [5.74, 6) is 0.311. The highest BCUT2D eigenvalue weighted by atomic mass is 32.2. The van der Waals surface area contributed by atoms with Crippen molar-refractivity contribution in [2.24, 2.45) is 0 Å². The van der Waals surface area contributed by atoms with Crippen molar-refractivity contribution in [1.82, 2.24) is 14.5 Å². The molecule has 1 N–H and O–H groups in total. The minimum absolute atomic E-state index is 0.316. The van der Waals surface area contributed by atoms with Gasteiger partial charge in [-0.1, -0.05) is 60.3 Å². The molecule has 0 spiro atoms. The molecule has 0 saturated carbocycles. The van der Waals surface area contributed by atoms with E-state index in [9.17, 15) is 4.79 Å². The molecule has 5 nitrogen and oxygen atoms in total. The van der Waals surface area contributed by atoms with Crippen molar-refractivity contribution in [3.63, 3.8) is 0 Å². The van der Waals surface area contributed by atoms with Gasteiger partial charge < -0.3 is 14.3 Å². The third kappa shape index (κ3) is 3.67. The molecule has 0 aliphatic heterocycles. The summed E-state index contributed by atoms with van der Waals surface area (Å²) < 4.78 is 7.22. The highest BCUT2D eigenvalue weighted by Gasteiger charge is 2.17. The lowest BCUT2D eigenvalue weighted by molar-refractivity contribution is 0.0600. The van der Waals surface area contributed by atoms with Crippen LogP contribution in [0.3, 0.4) is 0 Å². The topological polar surface area (TPSA) is 59.9 Å². The van der Waals surface area contributed by atoms with Crippen molar-refractivity contribution >= 4 is 39.7 Å². The number of ether oxygens (including phenoxy) is 1. The summed E-state index contributed by atoms with van der Waals surface area (Å²) in [7, 11) is 1.41. The molecule has 0 unspecified atom stereocenters. The van der Waals surface area contributed by atoms with Gasteiger partial charge in [-0.15, -0.1) is 0 Å². The summed E-state index contributed by atoms with van der Waals surface area (Å²) in [6.07, 6.45) is 0. The number of nitrogens with one attached hydrogen (secondary N) is 1. The highest BCUT2D eigenvalue weighted by molar-refractivity contribution is 7.98. The van der Waals surface area contributed by atoms with Crippen molar-refractivity contribution in [3.05, 3.63) is 95.2 Å².